The van der Waals surface area contributed by atoms with Gasteiger partial charge in [-0.05, 0) is 29.7 Å². The summed E-state index contributed by atoms with van der Waals surface area (Å²) in [4.78, 5) is 45.4. The summed E-state index contributed by atoms with van der Waals surface area (Å²) in [5, 5.41) is 4.48. The largest absolute Gasteiger partial charge is 0.368 e. The molecule has 2 aromatic rings. The number of amides is 5. The van der Waals surface area contributed by atoms with E-state index in [0.29, 0.717) is 5.56 Å². The van der Waals surface area contributed by atoms with Crippen molar-refractivity contribution in [1.82, 2.24) is 21.5 Å². The van der Waals surface area contributed by atoms with Gasteiger partial charge in [-0.15, -0.1) is 0 Å². The predicted octanol–water partition coefficient (Wildman–Crippen LogP) is 0.903. The average molecular weight is 491 g/mol. The van der Waals surface area contributed by atoms with Crippen LogP contribution >= 0.6 is 0 Å². The Hall–Kier alpha value is -3.99. The number of carbonyl (C=O) groups is 4. The number of hydrazine groups is 1. The van der Waals surface area contributed by atoms with Gasteiger partial charge in [0.15, 0.2) is 0 Å². The topological polar surface area (TPSA) is 168 Å². The number of primary amides is 1. The first kappa shape index (κ1) is 31.0. The summed E-state index contributed by atoms with van der Waals surface area (Å²) in [6.45, 7) is 5.37. The van der Waals surface area contributed by atoms with Crippen LogP contribution in [0.3, 0.4) is 0 Å². The standard InChI is InChI=1S/C14H19FN6O4.C8H10.C2H6/c15-9-3-1-2-8(4-9)5-10(13(17)24)19-12(23)7-18-14(25)21-20-11(22)6-16;1-2-8-6-4-3-5-7-8;1-2/h1-4,10H,5-7,16H2,(H2,17,24)(H,19,23)(H,20,22)(H2,18,21,25);3-7H,2H2,1H3;1-2H3. The smallest absolute Gasteiger partial charge is 0.333 e. The van der Waals surface area contributed by atoms with Crippen molar-refractivity contribution in [3.63, 3.8) is 0 Å². The van der Waals surface area contributed by atoms with Gasteiger partial charge in [-0.2, -0.15) is 0 Å². The van der Waals surface area contributed by atoms with Crippen molar-refractivity contribution in [1.29, 1.82) is 0 Å². The van der Waals surface area contributed by atoms with Crippen molar-refractivity contribution < 1.29 is 23.6 Å². The van der Waals surface area contributed by atoms with Gasteiger partial charge in [0.1, 0.15) is 11.9 Å². The maximum Gasteiger partial charge on any atom is 0.333 e. The molecule has 8 N–H and O–H groups in total. The molecule has 0 fully saturated rings. The molecule has 0 heterocycles. The highest BCUT2D eigenvalue weighted by Gasteiger charge is 2.19. The van der Waals surface area contributed by atoms with Gasteiger partial charge in [0.05, 0.1) is 13.1 Å². The lowest BCUT2D eigenvalue weighted by molar-refractivity contribution is -0.126. The summed E-state index contributed by atoms with van der Waals surface area (Å²) >= 11 is 0. The highest BCUT2D eigenvalue weighted by atomic mass is 19.1. The molecule has 192 valence electrons. The molecule has 0 bridgehead atoms. The van der Waals surface area contributed by atoms with Gasteiger partial charge in [0.2, 0.25) is 11.8 Å². The first-order valence-electron chi connectivity index (χ1n) is 11.1. The van der Waals surface area contributed by atoms with E-state index in [1.807, 2.05) is 30.8 Å². The monoisotopic (exact) mass is 490 g/mol. The number of hydrogen-bond donors (Lipinski definition) is 6. The van der Waals surface area contributed by atoms with E-state index >= 15 is 0 Å². The van der Waals surface area contributed by atoms with Crippen LogP contribution in [0.15, 0.2) is 54.6 Å². The van der Waals surface area contributed by atoms with E-state index in [1.54, 1.807) is 6.07 Å². The minimum absolute atomic E-state index is 0.00239. The maximum atomic E-state index is 13.2. The molecule has 11 heteroatoms. The number of halogens is 1. The highest BCUT2D eigenvalue weighted by Crippen LogP contribution is 2.06. The predicted molar refractivity (Wildman–Crippen MR) is 132 cm³/mol. The molecular formula is C24H35FN6O4. The second kappa shape index (κ2) is 18.4. The number of benzene rings is 2. The molecule has 0 aromatic heterocycles. The number of nitrogens with two attached hydrogens (primary N) is 2. The van der Waals surface area contributed by atoms with E-state index < -0.39 is 42.2 Å². The zero-order valence-electron chi connectivity index (χ0n) is 20.3. The van der Waals surface area contributed by atoms with Crippen molar-refractivity contribution >= 4 is 23.8 Å². The quantitative estimate of drug-likeness (QED) is 0.302. The van der Waals surface area contributed by atoms with E-state index in [2.05, 4.69) is 41.8 Å². The highest BCUT2D eigenvalue weighted by molar-refractivity contribution is 5.89. The second-order valence-corrected chi connectivity index (χ2v) is 6.76. The van der Waals surface area contributed by atoms with Crippen LogP contribution in [0.2, 0.25) is 0 Å². The van der Waals surface area contributed by atoms with Gasteiger partial charge in [-0.25, -0.2) is 14.6 Å². The van der Waals surface area contributed by atoms with Gasteiger partial charge < -0.3 is 22.1 Å². The van der Waals surface area contributed by atoms with E-state index in [9.17, 15) is 23.6 Å². The van der Waals surface area contributed by atoms with E-state index in [-0.39, 0.29) is 13.0 Å². The van der Waals surface area contributed by atoms with Gasteiger partial charge in [0.25, 0.3) is 5.91 Å². The fraction of sp³-hybridized carbons (Fsp3) is 0.333. The maximum absolute atomic E-state index is 13.2. The fourth-order valence-corrected chi connectivity index (χ4v) is 2.46. The van der Waals surface area contributed by atoms with E-state index in [1.165, 1.54) is 23.8 Å². The summed E-state index contributed by atoms with van der Waals surface area (Å²) in [6.07, 6.45) is 1.14. The van der Waals surface area contributed by atoms with E-state index in [4.69, 9.17) is 11.5 Å². The van der Waals surface area contributed by atoms with Crippen molar-refractivity contribution in [3.8, 4) is 0 Å². The number of nitrogens with one attached hydrogen (secondary N) is 4. The molecule has 0 radical (unpaired) electrons. The third-order valence-electron chi connectivity index (χ3n) is 4.17. The first-order valence-corrected chi connectivity index (χ1v) is 11.1. The summed E-state index contributed by atoms with van der Waals surface area (Å²) in [5.41, 5.74) is 16.1. The molecule has 0 spiro atoms. The minimum Gasteiger partial charge on any atom is -0.368 e. The molecule has 2 aromatic carbocycles. The Kier molecular flexibility index (Phi) is 16.3. The molecule has 35 heavy (non-hydrogen) atoms. The Labute approximate surface area is 205 Å². The molecule has 0 aliphatic rings. The molecule has 5 amide bonds. The molecule has 0 saturated carbocycles. The van der Waals surface area contributed by atoms with Crippen molar-refractivity contribution in [3.05, 3.63) is 71.5 Å². The third-order valence-corrected chi connectivity index (χ3v) is 4.17. The average Bonchev–Trinajstić information content (AvgIpc) is 2.87. The van der Waals surface area contributed by atoms with Crippen LogP contribution in [0.1, 0.15) is 31.9 Å². The molecule has 0 saturated heterocycles. The van der Waals surface area contributed by atoms with Crippen LogP contribution in [-0.4, -0.2) is 42.9 Å². The number of aryl methyl sites for hydroxylation is 1. The molecule has 10 nitrogen and oxygen atoms in total. The van der Waals surface area contributed by atoms with Crippen LogP contribution in [0.25, 0.3) is 0 Å². The van der Waals surface area contributed by atoms with Gasteiger partial charge >= 0.3 is 6.03 Å². The Morgan fingerprint density at radius 3 is 2.06 bits per heavy atom. The molecular weight excluding hydrogens is 455 g/mol. The molecule has 1 unspecified atom stereocenters. The Balaban J connectivity index is 0.000000961. The lowest BCUT2D eigenvalue weighted by atomic mass is 10.1. The van der Waals surface area contributed by atoms with Crippen LogP contribution < -0.4 is 33.0 Å². The van der Waals surface area contributed by atoms with Crippen LogP contribution in [0.5, 0.6) is 0 Å². The zero-order valence-corrected chi connectivity index (χ0v) is 20.3. The fourth-order valence-electron chi connectivity index (χ4n) is 2.46. The summed E-state index contributed by atoms with van der Waals surface area (Å²) in [7, 11) is 0. The minimum atomic E-state index is -1.07. The lowest BCUT2D eigenvalue weighted by Gasteiger charge is -2.16. The number of carbonyl (C=O) groups excluding carboxylic acids is 4. The second-order valence-electron chi connectivity index (χ2n) is 6.76. The molecule has 2 rings (SSSR count). The normalized spacial score (nSPS) is 10.2. The zero-order chi connectivity index (χ0) is 26.6. The van der Waals surface area contributed by atoms with Crippen molar-refractivity contribution in [2.45, 2.75) is 39.7 Å². The van der Waals surface area contributed by atoms with Crippen LogP contribution in [0, 0.1) is 5.82 Å². The van der Waals surface area contributed by atoms with Crippen molar-refractivity contribution in [2.24, 2.45) is 11.5 Å². The SMILES string of the molecule is CC.CCc1ccccc1.NCC(=O)NNC(=O)NCC(=O)NC(Cc1cccc(F)c1)C(N)=O. The summed E-state index contributed by atoms with van der Waals surface area (Å²) in [5.74, 6) is -2.61. The Bertz CT molecular complexity index is 927. The Morgan fingerprint density at radius 2 is 1.54 bits per heavy atom. The van der Waals surface area contributed by atoms with Gasteiger partial charge in [-0.1, -0.05) is 63.2 Å². The number of hydrogen-bond acceptors (Lipinski definition) is 5. The summed E-state index contributed by atoms with van der Waals surface area (Å²) in [6, 6.07) is 14.0. The molecule has 0 aliphatic heterocycles. The van der Waals surface area contributed by atoms with E-state index in [0.717, 1.165) is 6.42 Å². The number of rotatable bonds is 8. The van der Waals surface area contributed by atoms with Gasteiger partial charge in [-0.3, -0.25) is 19.8 Å². The first-order chi connectivity index (χ1) is 16.7. The van der Waals surface area contributed by atoms with Crippen molar-refractivity contribution in [2.75, 3.05) is 13.1 Å². The molecule has 0 aliphatic carbocycles. The summed E-state index contributed by atoms with van der Waals surface area (Å²) < 4.78 is 13.2. The van der Waals surface area contributed by atoms with Crippen LogP contribution in [-0.2, 0) is 27.2 Å². The van der Waals surface area contributed by atoms with Crippen LogP contribution in [0.4, 0.5) is 9.18 Å². The Morgan fingerprint density at radius 1 is 0.914 bits per heavy atom. The number of urea groups is 1. The lowest BCUT2D eigenvalue weighted by Crippen LogP contribution is -2.52. The van der Waals surface area contributed by atoms with Gasteiger partial charge in [0, 0.05) is 6.42 Å². The third kappa shape index (κ3) is 14.7. The molecule has 1 atom stereocenters.